The molecule has 0 bridgehead atoms. The van der Waals surface area contributed by atoms with Crippen molar-refractivity contribution in [2.75, 3.05) is 0 Å². The van der Waals surface area contributed by atoms with Crippen LogP contribution in [0.5, 0.6) is 0 Å². The molecule has 0 N–H and O–H groups in total. The summed E-state index contributed by atoms with van der Waals surface area (Å²) in [5.74, 6) is 0. The second-order valence-electron chi connectivity index (χ2n) is 14.9. The molecule has 0 spiro atoms. The van der Waals surface area contributed by atoms with Crippen molar-refractivity contribution in [2.24, 2.45) is 0 Å². The quantitative estimate of drug-likeness (QED) is 0.168. The van der Waals surface area contributed by atoms with Gasteiger partial charge in [-0.05, 0) is 101 Å². The van der Waals surface area contributed by atoms with Gasteiger partial charge in [0.2, 0.25) is 0 Å². The molecule has 266 valence electrons. The standard InChI is InChI=1S/C54H35N3/c1-4-14-40(15-5-1)55-48-22-12-11-21-44(48)46-34-38(28-31-50(46)55)36-24-26-37(27-25-36)39-29-32-51-47(35-39)53-52(56(51)41-16-6-2-7-17-41)33-30-45-43-20-10-13-23-49(43)57(54(45)53)42-18-8-3-9-19-42/h1-35H. The summed E-state index contributed by atoms with van der Waals surface area (Å²) in [6, 6.07) is 77.3. The van der Waals surface area contributed by atoms with E-state index in [4.69, 9.17) is 0 Å². The molecule has 0 fully saturated rings. The lowest BCUT2D eigenvalue weighted by molar-refractivity contribution is 1.17. The Hall–Kier alpha value is -7.62. The Balaban J connectivity index is 1.04. The molecule has 3 heteroatoms. The van der Waals surface area contributed by atoms with E-state index in [0.717, 1.165) is 11.4 Å². The minimum absolute atomic E-state index is 1.15. The molecule has 0 saturated heterocycles. The molecule has 0 unspecified atom stereocenters. The molecule has 0 aliphatic heterocycles. The number of hydrogen-bond acceptors (Lipinski definition) is 0. The molecule has 0 aliphatic rings. The fraction of sp³-hybridized carbons (Fsp3) is 0. The van der Waals surface area contributed by atoms with E-state index in [1.165, 1.54) is 93.4 Å². The highest BCUT2D eigenvalue weighted by molar-refractivity contribution is 6.26. The maximum atomic E-state index is 2.46. The molecule has 0 aliphatic carbocycles. The van der Waals surface area contributed by atoms with Crippen LogP contribution in [0, 0.1) is 0 Å². The Labute approximate surface area is 329 Å². The summed E-state index contributed by atoms with van der Waals surface area (Å²) in [6.07, 6.45) is 0. The van der Waals surface area contributed by atoms with Gasteiger partial charge in [0.05, 0.1) is 33.1 Å². The molecular weight excluding hydrogens is 691 g/mol. The highest BCUT2D eigenvalue weighted by Crippen LogP contribution is 2.43. The van der Waals surface area contributed by atoms with Crippen LogP contribution in [0.15, 0.2) is 212 Å². The van der Waals surface area contributed by atoms with Crippen molar-refractivity contribution in [1.29, 1.82) is 0 Å². The molecule has 3 nitrogen and oxygen atoms in total. The first-order valence-electron chi connectivity index (χ1n) is 19.6. The van der Waals surface area contributed by atoms with Gasteiger partial charge in [-0.25, -0.2) is 0 Å². The van der Waals surface area contributed by atoms with E-state index in [2.05, 4.69) is 226 Å². The number of hydrogen-bond donors (Lipinski definition) is 0. The predicted molar refractivity (Wildman–Crippen MR) is 240 cm³/mol. The zero-order valence-corrected chi connectivity index (χ0v) is 31.0. The molecule has 12 aromatic rings. The fourth-order valence-corrected chi connectivity index (χ4v) is 9.30. The SMILES string of the molecule is c1ccc(-n2c3ccccc3c3cc(-c4ccc(-c5ccc6c(c5)c5c(ccc7c8ccccc8n(-c8ccccc8)c75)n6-c5ccccc5)cc4)ccc32)cc1. The predicted octanol–water partition coefficient (Wildman–Crippen LogP) is 14.3. The minimum Gasteiger partial charge on any atom is -0.309 e. The Bertz CT molecular complexity index is 3480. The molecular formula is C54H35N3. The van der Waals surface area contributed by atoms with Crippen molar-refractivity contribution >= 4 is 65.4 Å². The van der Waals surface area contributed by atoms with E-state index < -0.39 is 0 Å². The lowest BCUT2D eigenvalue weighted by Crippen LogP contribution is -1.95. The molecule has 0 radical (unpaired) electrons. The number of para-hydroxylation sites is 5. The summed E-state index contributed by atoms with van der Waals surface area (Å²) in [5.41, 5.74) is 15.5. The second-order valence-corrected chi connectivity index (χ2v) is 14.9. The highest BCUT2D eigenvalue weighted by atomic mass is 15.0. The van der Waals surface area contributed by atoms with Crippen LogP contribution >= 0.6 is 0 Å². The summed E-state index contributed by atoms with van der Waals surface area (Å²) in [4.78, 5) is 0. The van der Waals surface area contributed by atoms with Gasteiger partial charge in [-0.15, -0.1) is 0 Å². The summed E-state index contributed by atoms with van der Waals surface area (Å²) >= 11 is 0. The lowest BCUT2D eigenvalue weighted by atomic mass is 9.98. The maximum Gasteiger partial charge on any atom is 0.0641 e. The van der Waals surface area contributed by atoms with Crippen LogP contribution in [0.3, 0.4) is 0 Å². The van der Waals surface area contributed by atoms with Gasteiger partial charge in [-0.2, -0.15) is 0 Å². The normalized spacial score (nSPS) is 11.9. The van der Waals surface area contributed by atoms with Crippen molar-refractivity contribution < 1.29 is 0 Å². The van der Waals surface area contributed by atoms with Crippen molar-refractivity contribution in [3.8, 4) is 39.3 Å². The number of fused-ring (bicyclic) bond motifs is 10. The van der Waals surface area contributed by atoms with E-state index in [1.807, 2.05) is 0 Å². The molecule has 57 heavy (non-hydrogen) atoms. The van der Waals surface area contributed by atoms with Gasteiger partial charge >= 0.3 is 0 Å². The van der Waals surface area contributed by atoms with E-state index in [9.17, 15) is 0 Å². The van der Waals surface area contributed by atoms with Gasteiger partial charge in [0.1, 0.15) is 0 Å². The van der Waals surface area contributed by atoms with Crippen molar-refractivity contribution in [1.82, 2.24) is 13.7 Å². The van der Waals surface area contributed by atoms with Gasteiger partial charge in [0.15, 0.2) is 0 Å². The van der Waals surface area contributed by atoms with E-state index in [1.54, 1.807) is 0 Å². The van der Waals surface area contributed by atoms with Crippen LogP contribution in [0.25, 0.3) is 105 Å². The van der Waals surface area contributed by atoms with Crippen molar-refractivity contribution in [3.63, 3.8) is 0 Å². The molecule has 12 rings (SSSR count). The first-order valence-corrected chi connectivity index (χ1v) is 19.6. The lowest BCUT2D eigenvalue weighted by Gasteiger charge is -2.09. The Morgan fingerprint density at radius 1 is 0.228 bits per heavy atom. The fourth-order valence-electron chi connectivity index (χ4n) is 9.30. The van der Waals surface area contributed by atoms with Crippen LogP contribution in [-0.4, -0.2) is 13.7 Å². The van der Waals surface area contributed by atoms with E-state index in [0.29, 0.717) is 0 Å². The average molecular weight is 726 g/mol. The second kappa shape index (κ2) is 12.5. The molecule has 9 aromatic carbocycles. The van der Waals surface area contributed by atoms with Gasteiger partial charge < -0.3 is 13.7 Å². The zero-order valence-electron chi connectivity index (χ0n) is 31.0. The van der Waals surface area contributed by atoms with Gasteiger partial charge in [0.25, 0.3) is 0 Å². The highest BCUT2D eigenvalue weighted by Gasteiger charge is 2.21. The smallest absolute Gasteiger partial charge is 0.0641 e. The number of aromatic nitrogens is 3. The molecule has 3 heterocycles. The minimum atomic E-state index is 1.15. The third-order valence-electron chi connectivity index (χ3n) is 11.8. The van der Waals surface area contributed by atoms with Crippen LogP contribution in [-0.2, 0) is 0 Å². The van der Waals surface area contributed by atoms with Gasteiger partial charge in [-0.3, -0.25) is 0 Å². The summed E-state index contributed by atoms with van der Waals surface area (Å²) in [6.45, 7) is 0. The van der Waals surface area contributed by atoms with E-state index >= 15 is 0 Å². The summed E-state index contributed by atoms with van der Waals surface area (Å²) in [5, 5.41) is 7.53. The van der Waals surface area contributed by atoms with Gasteiger partial charge in [-0.1, -0.05) is 133 Å². The number of nitrogens with zero attached hydrogens (tertiary/aromatic N) is 3. The molecule has 0 amide bonds. The van der Waals surface area contributed by atoms with Crippen LogP contribution in [0.4, 0.5) is 0 Å². The first kappa shape index (κ1) is 31.7. The largest absolute Gasteiger partial charge is 0.309 e. The monoisotopic (exact) mass is 725 g/mol. The number of rotatable bonds is 5. The summed E-state index contributed by atoms with van der Waals surface area (Å²) in [7, 11) is 0. The van der Waals surface area contributed by atoms with Crippen molar-refractivity contribution in [3.05, 3.63) is 212 Å². The Morgan fingerprint density at radius 2 is 0.614 bits per heavy atom. The Kier molecular flexibility index (Phi) is 6.93. The molecule has 0 saturated carbocycles. The summed E-state index contributed by atoms with van der Waals surface area (Å²) < 4.78 is 7.25. The maximum absolute atomic E-state index is 2.46. The van der Waals surface area contributed by atoms with Crippen LogP contribution in [0.2, 0.25) is 0 Å². The zero-order chi connectivity index (χ0) is 37.5. The average Bonchev–Trinajstić information content (AvgIpc) is 3.92. The van der Waals surface area contributed by atoms with E-state index in [-0.39, 0.29) is 0 Å². The molecule has 3 aromatic heterocycles. The van der Waals surface area contributed by atoms with Gasteiger partial charge in [0, 0.05) is 49.4 Å². The third-order valence-corrected chi connectivity index (χ3v) is 11.8. The Morgan fingerprint density at radius 3 is 1.19 bits per heavy atom. The third kappa shape index (κ3) is 4.79. The van der Waals surface area contributed by atoms with Crippen molar-refractivity contribution in [2.45, 2.75) is 0 Å². The van der Waals surface area contributed by atoms with Crippen LogP contribution in [0.1, 0.15) is 0 Å². The molecule has 0 atom stereocenters. The first-order chi connectivity index (χ1) is 28.3. The topological polar surface area (TPSA) is 14.8 Å². The number of benzene rings is 9. The van der Waals surface area contributed by atoms with Crippen LogP contribution < -0.4 is 0 Å².